The number of hydrogen-bond acceptors (Lipinski definition) is 4. The van der Waals surface area contributed by atoms with E-state index in [0.717, 1.165) is 51.6 Å². The number of morpholine rings is 1. The lowest BCUT2D eigenvalue weighted by molar-refractivity contribution is -0.0817. The van der Waals surface area contributed by atoms with Crippen LogP contribution in [0.25, 0.3) is 0 Å². The van der Waals surface area contributed by atoms with Crippen molar-refractivity contribution in [3.63, 3.8) is 0 Å². The third kappa shape index (κ3) is 6.33. The maximum atomic E-state index is 6.02. The van der Waals surface area contributed by atoms with E-state index in [1.807, 2.05) is 7.05 Å². The first-order valence-corrected chi connectivity index (χ1v) is 11.7. The molecule has 1 aliphatic carbocycles. The van der Waals surface area contributed by atoms with Crippen LogP contribution < -0.4 is 10.6 Å². The van der Waals surface area contributed by atoms with Gasteiger partial charge in [0.1, 0.15) is 6.10 Å². The summed E-state index contributed by atoms with van der Waals surface area (Å²) in [5, 5.41) is 7.67. The van der Waals surface area contributed by atoms with E-state index in [-0.39, 0.29) is 41.7 Å². The Morgan fingerprint density at radius 1 is 1.13 bits per heavy atom. The number of ether oxygens (including phenoxy) is 2. The van der Waals surface area contributed by atoms with E-state index < -0.39 is 0 Å². The van der Waals surface area contributed by atoms with Gasteiger partial charge in [-0.05, 0) is 38.2 Å². The van der Waals surface area contributed by atoms with Crippen LogP contribution in [0.2, 0.25) is 0 Å². The summed E-state index contributed by atoms with van der Waals surface area (Å²) in [4.78, 5) is 6.96. The van der Waals surface area contributed by atoms with Crippen molar-refractivity contribution >= 4 is 29.9 Å². The van der Waals surface area contributed by atoms with E-state index >= 15 is 0 Å². The predicted molar refractivity (Wildman–Crippen MR) is 136 cm³/mol. The first-order chi connectivity index (χ1) is 14.7. The Balaban J connectivity index is 0.00000272. The fourth-order valence-electron chi connectivity index (χ4n) is 5.28. The maximum absolute atomic E-state index is 6.02. The summed E-state index contributed by atoms with van der Waals surface area (Å²) in [7, 11) is 1.89. The van der Waals surface area contributed by atoms with Gasteiger partial charge in [0.25, 0.3) is 0 Å². The zero-order valence-corrected chi connectivity index (χ0v) is 21.3. The van der Waals surface area contributed by atoms with Crippen molar-refractivity contribution in [1.29, 1.82) is 0 Å². The van der Waals surface area contributed by atoms with Crippen LogP contribution in [0.4, 0.5) is 0 Å². The summed E-state index contributed by atoms with van der Waals surface area (Å²) < 4.78 is 11.9. The summed E-state index contributed by atoms with van der Waals surface area (Å²) in [6.07, 6.45) is 7.61. The molecule has 3 aliphatic rings. The number of aliphatic imine (C=N–C) groups is 1. The minimum Gasteiger partial charge on any atom is -0.375 e. The Hall–Kier alpha value is -0.900. The molecular formula is C24H39IN4O2. The second kappa shape index (κ2) is 11.8. The van der Waals surface area contributed by atoms with E-state index in [9.17, 15) is 0 Å². The van der Waals surface area contributed by atoms with Crippen molar-refractivity contribution in [3.8, 4) is 0 Å². The SMILES string of the molecule is CN=C(NCC1(NC(C)c2ccccc2)CCCC1)N1CCOC(C2CCCO2)C1.I. The number of halogens is 1. The highest BCUT2D eigenvalue weighted by atomic mass is 127. The summed E-state index contributed by atoms with van der Waals surface area (Å²) in [6, 6.07) is 11.1. The zero-order valence-electron chi connectivity index (χ0n) is 19.0. The fraction of sp³-hybridized carbons (Fsp3) is 0.708. The van der Waals surface area contributed by atoms with Crippen LogP contribution in [0.1, 0.15) is 57.1 Å². The van der Waals surface area contributed by atoms with Gasteiger partial charge in [0.15, 0.2) is 5.96 Å². The molecular weight excluding hydrogens is 503 g/mol. The van der Waals surface area contributed by atoms with E-state index in [4.69, 9.17) is 9.47 Å². The lowest BCUT2D eigenvalue weighted by Crippen LogP contribution is -2.57. The van der Waals surface area contributed by atoms with Gasteiger partial charge < -0.3 is 25.0 Å². The van der Waals surface area contributed by atoms with Gasteiger partial charge in [-0.3, -0.25) is 4.99 Å². The third-order valence-electron chi connectivity index (χ3n) is 6.95. The molecule has 0 radical (unpaired) electrons. The number of rotatable bonds is 6. The molecule has 31 heavy (non-hydrogen) atoms. The van der Waals surface area contributed by atoms with E-state index in [0.29, 0.717) is 6.04 Å². The van der Waals surface area contributed by atoms with Crippen LogP contribution in [-0.2, 0) is 9.47 Å². The minimum atomic E-state index is 0. The van der Waals surface area contributed by atoms with Crippen molar-refractivity contribution in [2.24, 2.45) is 4.99 Å². The average molecular weight is 543 g/mol. The number of guanidine groups is 1. The molecule has 0 spiro atoms. The first kappa shape index (κ1) is 24.7. The molecule has 1 aromatic carbocycles. The molecule has 2 saturated heterocycles. The van der Waals surface area contributed by atoms with Gasteiger partial charge in [-0.25, -0.2) is 0 Å². The average Bonchev–Trinajstić information content (AvgIpc) is 3.48. The lowest BCUT2D eigenvalue weighted by atomic mass is 9.94. The highest BCUT2D eigenvalue weighted by Crippen LogP contribution is 2.32. The number of nitrogens with zero attached hydrogens (tertiary/aromatic N) is 2. The fourth-order valence-corrected chi connectivity index (χ4v) is 5.28. The Morgan fingerprint density at radius 3 is 2.55 bits per heavy atom. The van der Waals surface area contributed by atoms with E-state index in [1.54, 1.807) is 0 Å². The second-order valence-corrected chi connectivity index (χ2v) is 9.07. The highest BCUT2D eigenvalue weighted by molar-refractivity contribution is 14.0. The zero-order chi connectivity index (χ0) is 20.8. The summed E-state index contributed by atoms with van der Waals surface area (Å²) >= 11 is 0. The molecule has 1 aromatic rings. The molecule has 2 N–H and O–H groups in total. The molecule has 3 unspecified atom stereocenters. The molecule has 1 saturated carbocycles. The smallest absolute Gasteiger partial charge is 0.193 e. The predicted octanol–water partition coefficient (Wildman–Crippen LogP) is 3.72. The monoisotopic (exact) mass is 542 g/mol. The van der Waals surface area contributed by atoms with Gasteiger partial charge in [-0.15, -0.1) is 24.0 Å². The summed E-state index contributed by atoms with van der Waals surface area (Å²) in [5.74, 6) is 0.988. The van der Waals surface area contributed by atoms with Crippen LogP contribution >= 0.6 is 24.0 Å². The molecule has 4 rings (SSSR count). The Bertz CT molecular complexity index is 690. The maximum Gasteiger partial charge on any atom is 0.193 e. The molecule has 2 aliphatic heterocycles. The van der Waals surface area contributed by atoms with E-state index in [1.165, 1.54) is 31.2 Å². The van der Waals surface area contributed by atoms with Gasteiger partial charge in [0.05, 0.1) is 12.7 Å². The van der Waals surface area contributed by atoms with Gasteiger partial charge in [0.2, 0.25) is 0 Å². The van der Waals surface area contributed by atoms with E-state index in [2.05, 4.69) is 57.8 Å². The van der Waals surface area contributed by atoms with Crippen molar-refractivity contribution in [3.05, 3.63) is 35.9 Å². The quantitative estimate of drug-likeness (QED) is 0.326. The molecule has 174 valence electrons. The summed E-state index contributed by atoms with van der Waals surface area (Å²) in [5.41, 5.74) is 1.46. The largest absolute Gasteiger partial charge is 0.375 e. The van der Waals surface area contributed by atoms with Crippen molar-refractivity contribution in [2.75, 3.05) is 39.9 Å². The van der Waals surface area contributed by atoms with Crippen LogP contribution in [-0.4, -0.2) is 68.5 Å². The normalized spacial score (nSPS) is 27.0. The topological polar surface area (TPSA) is 58.1 Å². The Morgan fingerprint density at radius 2 is 1.87 bits per heavy atom. The number of benzene rings is 1. The van der Waals surface area contributed by atoms with Gasteiger partial charge in [-0.2, -0.15) is 0 Å². The molecule has 0 bridgehead atoms. The molecule has 3 atom stereocenters. The Labute approximate surface area is 204 Å². The molecule has 2 heterocycles. The number of nitrogens with one attached hydrogen (secondary N) is 2. The van der Waals surface area contributed by atoms with Crippen molar-refractivity contribution in [1.82, 2.24) is 15.5 Å². The third-order valence-corrected chi connectivity index (χ3v) is 6.95. The van der Waals surface area contributed by atoms with Gasteiger partial charge >= 0.3 is 0 Å². The lowest BCUT2D eigenvalue weighted by Gasteiger charge is -2.39. The molecule has 0 aromatic heterocycles. The highest BCUT2D eigenvalue weighted by Gasteiger charge is 2.36. The molecule has 0 amide bonds. The second-order valence-electron chi connectivity index (χ2n) is 9.07. The standard InChI is InChI=1S/C24H38N4O2.HI/c1-19(20-9-4-3-5-10-20)27-24(12-6-7-13-24)18-26-23(25-2)28-14-16-30-22(17-28)21-11-8-15-29-21;/h3-5,9-10,19,21-22,27H,6-8,11-18H2,1-2H3,(H,25,26);1H. The first-order valence-electron chi connectivity index (χ1n) is 11.7. The van der Waals surface area contributed by atoms with Crippen LogP contribution in [0.3, 0.4) is 0 Å². The van der Waals surface area contributed by atoms with Gasteiger partial charge in [0, 0.05) is 44.9 Å². The molecule has 6 nitrogen and oxygen atoms in total. The van der Waals surface area contributed by atoms with Crippen molar-refractivity contribution in [2.45, 2.75) is 69.2 Å². The Kier molecular flexibility index (Phi) is 9.43. The molecule has 3 fully saturated rings. The minimum absolute atomic E-state index is 0. The van der Waals surface area contributed by atoms with Crippen molar-refractivity contribution < 1.29 is 9.47 Å². The van der Waals surface area contributed by atoms with Crippen LogP contribution in [0.5, 0.6) is 0 Å². The van der Waals surface area contributed by atoms with Crippen LogP contribution in [0.15, 0.2) is 35.3 Å². The summed E-state index contributed by atoms with van der Waals surface area (Å²) in [6.45, 7) is 6.51. The number of hydrogen-bond donors (Lipinski definition) is 2. The molecule has 7 heteroatoms. The van der Waals surface area contributed by atoms with Crippen LogP contribution in [0, 0.1) is 0 Å². The van der Waals surface area contributed by atoms with Gasteiger partial charge in [-0.1, -0.05) is 43.2 Å².